The predicted molar refractivity (Wildman–Crippen MR) is 71.8 cm³/mol. The second-order valence-corrected chi connectivity index (χ2v) is 7.13. The summed E-state index contributed by atoms with van der Waals surface area (Å²) in [5.41, 5.74) is -1.16. The van der Waals surface area contributed by atoms with Gasteiger partial charge >= 0.3 is 0 Å². The van der Waals surface area contributed by atoms with E-state index in [4.69, 9.17) is 0 Å². The summed E-state index contributed by atoms with van der Waals surface area (Å²) in [7, 11) is 0. The highest BCUT2D eigenvalue weighted by molar-refractivity contribution is 9.10. The summed E-state index contributed by atoms with van der Waals surface area (Å²) in [5, 5.41) is 11.4. The Hall–Kier alpha value is -0.660. The highest BCUT2D eigenvalue weighted by Crippen LogP contribution is 2.48. The number of hydrogen-bond donors (Lipinski definition) is 0. The van der Waals surface area contributed by atoms with Crippen molar-refractivity contribution in [3.8, 4) is 6.07 Å². The Morgan fingerprint density at radius 2 is 2.24 bits per heavy atom. The fraction of sp³-hybridized carbons (Fsp3) is 0.538. The lowest BCUT2D eigenvalue weighted by Crippen LogP contribution is -2.32. The Bertz CT molecular complexity index is 500. The number of halogens is 1. The number of rotatable bonds is 2. The molecule has 0 spiro atoms. The number of hydrogen-bond acceptors (Lipinski definition) is 3. The van der Waals surface area contributed by atoms with Gasteiger partial charge in [-0.25, -0.2) is 0 Å². The summed E-state index contributed by atoms with van der Waals surface area (Å²) < 4.78 is 1.01. The second kappa shape index (κ2) is 4.22. The van der Waals surface area contributed by atoms with Crippen molar-refractivity contribution in [2.24, 2.45) is 10.8 Å². The van der Waals surface area contributed by atoms with Crippen LogP contribution in [-0.2, 0) is 11.2 Å². The van der Waals surface area contributed by atoms with E-state index in [1.165, 1.54) is 0 Å². The first-order valence-corrected chi connectivity index (χ1v) is 7.27. The maximum atomic E-state index is 12.4. The molecular weight excluding hydrogens is 298 g/mol. The van der Waals surface area contributed by atoms with Gasteiger partial charge in [0, 0.05) is 21.2 Å². The van der Waals surface area contributed by atoms with Gasteiger partial charge in [-0.15, -0.1) is 11.3 Å². The van der Waals surface area contributed by atoms with Gasteiger partial charge in [0.05, 0.1) is 6.07 Å². The summed E-state index contributed by atoms with van der Waals surface area (Å²) in [4.78, 5) is 13.5. The molecule has 2 rings (SSSR count). The molecule has 0 N–H and O–H groups in total. The Kier molecular flexibility index (Phi) is 3.17. The number of nitriles is 1. The van der Waals surface area contributed by atoms with E-state index < -0.39 is 5.41 Å². The van der Waals surface area contributed by atoms with Gasteiger partial charge in [-0.1, -0.05) is 13.8 Å². The number of carbonyl (C=O) groups excluding carboxylic acids is 1. The standard InChI is InChI=1S/C13H14BrNOS/c1-12(2)4-5-13(8-15,11(12)16)7-10-9(14)3-6-17-10/h3,6H,4-5,7H2,1-2H3. The monoisotopic (exact) mass is 311 g/mol. The quantitative estimate of drug-likeness (QED) is 0.829. The third-order valence-electron chi connectivity index (χ3n) is 3.59. The summed E-state index contributed by atoms with van der Waals surface area (Å²) in [6, 6.07) is 4.25. The molecule has 0 aromatic carbocycles. The van der Waals surface area contributed by atoms with Crippen LogP contribution in [-0.4, -0.2) is 5.78 Å². The van der Waals surface area contributed by atoms with E-state index in [2.05, 4.69) is 22.0 Å². The molecule has 1 atom stereocenters. The van der Waals surface area contributed by atoms with Crippen molar-refractivity contribution in [2.75, 3.05) is 0 Å². The Balaban J connectivity index is 2.33. The largest absolute Gasteiger partial charge is 0.297 e. The van der Waals surface area contributed by atoms with Crippen molar-refractivity contribution < 1.29 is 4.79 Å². The first kappa shape index (κ1) is 12.8. The van der Waals surface area contributed by atoms with Crippen molar-refractivity contribution in [1.29, 1.82) is 5.26 Å². The molecule has 90 valence electrons. The van der Waals surface area contributed by atoms with Crippen LogP contribution in [0.4, 0.5) is 0 Å². The minimum absolute atomic E-state index is 0.104. The third kappa shape index (κ3) is 2.07. The molecule has 4 heteroatoms. The van der Waals surface area contributed by atoms with Crippen LogP contribution in [0.5, 0.6) is 0 Å². The third-order valence-corrected chi connectivity index (χ3v) is 5.52. The van der Waals surface area contributed by atoms with Crippen LogP contribution < -0.4 is 0 Å². The lowest BCUT2D eigenvalue weighted by atomic mass is 9.78. The van der Waals surface area contributed by atoms with E-state index >= 15 is 0 Å². The molecule has 0 amide bonds. The van der Waals surface area contributed by atoms with Crippen LogP contribution in [0.1, 0.15) is 31.6 Å². The average molecular weight is 312 g/mol. The molecule has 1 aromatic heterocycles. The van der Waals surface area contributed by atoms with Crippen LogP contribution in [0.2, 0.25) is 0 Å². The molecule has 1 aromatic rings. The topological polar surface area (TPSA) is 40.9 Å². The van der Waals surface area contributed by atoms with Crippen LogP contribution >= 0.6 is 27.3 Å². The summed E-state index contributed by atoms with van der Waals surface area (Å²) >= 11 is 5.07. The molecule has 1 unspecified atom stereocenters. The van der Waals surface area contributed by atoms with Crippen molar-refractivity contribution >= 4 is 33.0 Å². The zero-order valence-electron chi connectivity index (χ0n) is 9.92. The van der Waals surface area contributed by atoms with Gasteiger partial charge in [-0.2, -0.15) is 5.26 Å². The van der Waals surface area contributed by atoms with E-state index in [1.54, 1.807) is 11.3 Å². The van der Waals surface area contributed by atoms with Crippen LogP contribution in [0, 0.1) is 22.2 Å². The molecule has 1 fully saturated rings. The highest BCUT2D eigenvalue weighted by Gasteiger charge is 2.52. The zero-order valence-corrected chi connectivity index (χ0v) is 12.3. The molecule has 1 saturated carbocycles. The SMILES string of the molecule is CC1(C)CCC(C#N)(Cc2sccc2Br)C1=O. The number of nitrogens with zero attached hydrogens (tertiary/aromatic N) is 1. The Morgan fingerprint density at radius 3 is 2.65 bits per heavy atom. The highest BCUT2D eigenvalue weighted by atomic mass is 79.9. The molecular formula is C13H14BrNOS. The summed E-state index contributed by atoms with van der Waals surface area (Å²) in [6.07, 6.45) is 2.03. The Morgan fingerprint density at radius 1 is 1.53 bits per heavy atom. The fourth-order valence-electron chi connectivity index (χ4n) is 2.44. The van der Waals surface area contributed by atoms with Gasteiger partial charge in [0.1, 0.15) is 5.41 Å². The zero-order chi connectivity index (χ0) is 12.7. The van der Waals surface area contributed by atoms with Crippen molar-refractivity contribution in [2.45, 2.75) is 33.1 Å². The van der Waals surface area contributed by atoms with E-state index in [0.29, 0.717) is 12.8 Å². The predicted octanol–water partition coefficient (Wildman–Crippen LogP) is 3.95. The van der Waals surface area contributed by atoms with E-state index in [-0.39, 0.29) is 11.2 Å². The molecule has 0 radical (unpaired) electrons. The molecule has 2 nitrogen and oxygen atoms in total. The first-order valence-electron chi connectivity index (χ1n) is 5.59. The van der Waals surface area contributed by atoms with Gasteiger partial charge in [0.25, 0.3) is 0 Å². The molecule has 0 saturated heterocycles. The number of carbonyl (C=O) groups is 1. The van der Waals surface area contributed by atoms with Gasteiger partial charge in [-0.3, -0.25) is 4.79 Å². The average Bonchev–Trinajstić information content (AvgIpc) is 2.77. The Labute approximate surface area is 114 Å². The lowest BCUT2D eigenvalue weighted by Gasteiger charge is -2.21. The summed E-state index contributed by atoms with van der Waals surface area (Å²) in [5.74, 6) is 0.104. The minimum Gasteiger partial charge on any atom is -0.297 e. The molecule has 17 heavy (non-hydrogen) atoms. The van der Waals surface area contributed by atoms with Crippen molar-refractivity contribution in [3.63, 3.8) is 0 Å². The molecule has 1 aliphatic carbocycles. The van der Waals surface area contributed by atoms with E-state index in [9.17, 15) is 10.1 Å². The lowest BCUT2D eigenvalue weighted by molar-refractivity contribution is -0.130. The molecule has 1 aliphatic rings. The summed E-state index contributed by atoms with van der Waals surface area (Å²) in [6.45, 7) is 3.88. The molecule has 0 bridgehead atoms. The van der Waals surface area contributed by atoms with Crippen molar-refractivity contribution in [3.05, 3.63) is 20.8 Å². The van der Waals surface area contributed by atoms with Gasteiger partial charge in [-0.05, 0) is 40.2 Å². The van der Waals surface area contributed by atoms with E-state index in [0.717, 1.165) is 15.8 Å². The maximum Gasteiger partial charge on any atom is 0.159 e. The van der Waals surface area contributed by atoms with Gasteiger partial charge in [0.15, 0.2) is 5.78 Å². The van der Waals surface area contributed by atoms with Crippen molar-refractivity contribution in [1.82, 2.24) is 0 Å². The number of thiophene rings is 1. The number of Topliss-reactive ketones (excluding diaryl/α,β-unsaturated/α-hetero) is 1. The number of ketones is 1. The molecule has 0 aliphatic heterocycles. The maximum absolute atomic E-state index is 12.4. The fourth-order valence-corrected chi connectivity index (χ4v) is 4.05. The first-order chi connectivity index (χ1) is 7.91. The smallest absolute Gasteiger partial charge is 0.159 e. The van der Waals surface area contributed by atoms with Crippen LogP contribution in [0.3, 0.4) is 0 Å². The minimum atomic E-state index is -0.809. The normalized spacial score (nSPS) is 27.1. The molecule has 1 heterocycles. The van der Waals surface area contributed by atoms with Gasteiger partial charge < -0.3 is 0 Å². The van der Waals surface area contributed by atoms with Crippen LogP contribution in [0.25, 0.3) is 0 Å². The van der Waals surface area contributed by atoms with Crippen LogP contribution in [0.15, 0.2) is 15.9 Å². The second-order valence-electron chi connectivity index (χ2n) is 5.28. The van der Waals surface area contributed by atoms with Gasteiger partial charge in [0.2, 0.25) is 0 Å². The van der Waals surface area contributed by atoms with E-state index in [1.807, 2.05) is 25.3 Å².